The van der Waals surface area contributed by atoms with Crippen LogP contribution in [0.1, 0.15) is 0 Å². The van der Waals surface area contributed by atoms with Gasteiger partial charge >= 0.3 is 0 Å². The molecule has 0 aromatic carbocycles. The molecule has 4 heteroatoms. The molecule has 0 aliphatic rings. The van der Waals surface area contributed by atoms with Gasteiger partial charge in [-0.15, -0.1) is 12.4 Å². The van der Waals surface area contributed by atoms with Gasteiger partial charge in [0.15, 0.2) is 0 Å². The Hall–Kier alpha value is 0.864. The van der Waals surface area contributed by atoms with Crippen molar-refractivity contribution in [1.82, 2.24) is 0 Å². The van der Waals surface area contributed by atoms with Crippen LogP contribution in [0.25, 0.3) is 0 Å². The fourth-order valence-electron chi connectivity index (χ4n) is 0. The van der Waals surface area contributed by atoms with E-state index in [0.29, 0.717) is 0 Å². The number of hydrogen-bond acceptors (Lipinski definition) is 0. The van der Waals surface area contributed by atoms with E-state index in [1.54, 1.807) is 0 Å². The van der Waals surface area contributed by atoms with Crippen molar-refractivity contribution in [2.24, 2.45) is 0 Å². The Labute approximate surface area is 44.0 Å². The third-order valence-corrected chi connectivity index (χ3v) is 0. The summed E-state index contributed by atoms with van der Waals surface area (Å²) in [6.45, 7) is 0. The Morgan fingerprint density at radius 1 is 0.750 bits per heavy atom. The normalized spacial score (nSPS) is 0. The molecular weight excluding hydrogens is 121 g/mol. The van der Waals surface area contributed by atoms with Crippen LogP contribution in [0.2, 0.25) is 0 Å². The molecular formula is H3ClF2Ti. The maximum Gasteiger partial charge on any atom is 0 e. The summed E-state index contributed by atoms with van der Waals surface area (Å²) in [5.41, 5.74) is 0. The molecule has 0 aromatic heterocycles. The first-order valence-corrected chi connectivity index (χ1v) is 0. The predicted octanol–water partition coefficient (Wildman–Crippen LogP) is 0.724. The average molecular weight is 124 g/mol. The largest absolute Gasteiger partial charge is 0.269 e. The number of hydrogen-bond donors (Lipinski definition) is 0. The number of rotatable bonds is 0. The topological polar surface area (TPSA) is 0 Å². The van der Waals surface area contributed by atoms with E-state index in [-0.39, 0.29) is 43.5 Å². The standard InChI is InChI=1S/ClH.2FH.Ti/h3*1H;. The van der Waals surface area contributed by atoms with Crippen LogP contribution in [-0.4, -0.2) is 0 Å². The molecule has 28 valence electrons. The molecule has 0 saturated heterocycles. The van der Waals surface area contributed by atoms with Gasteiger partial charge in [-0.3, -0.25) is 9.41 Å². The molecule has 0 radical (unpaired) electrons. The Balaban J connectivity index is 0. The van der Waals surface area contributed by atoms with Crippen LogP contribution in [0.15, 0.2) is 0 Å². The third kappa shape index (κ3) is 13.3. The number of halogens is 3. The monoisotopic (exact) mass is 124 g/mol. The third-order valence-electron chi connectivity index (χ3n) is 0. The van der Waals surface area contributed by atoms with Gasteiger partial charge < -0.3 is 0 Å². The second-order valence-electron chi connectivity index (χ2n) is 0. The summed E-state index contributed by atoms with van der Waals surface area (Å²) in [6, 6.07) is 0. The predicted molar refractivity (Wildman–Crippen MR) is 12.3 cm³/mol. The van der Waals surface area contributed by atoms with Crippen molar-refractivity contribution in [2.45, 2.75) is 0 Å². The van der Waals surface area contributed by atoms with Crippen LogP contribution in [-0.2, 0) is 21.7 Å². The summed E-state index contributed by atoms with van der Waals surface area (Å²) in [6.07, 6.45) is 0. The summed E-state index contributed by atoms with van der Waals surface area (Å²) in [5, 5.41) is 0. The maximum atomic E-state index is 0. The van der Waals surface area contributed by atoms with Crippen LogP contribution in [0, 0.1) is 0 Å². The quantitative estimate of drug-likeness (QED) is 0.418. The molecule has 4 heavy (non-hydrogen) atoms. The zero-order valence-electron chi connectivity index (χ0n) is 1.72. The molecule has 0 fully saturated rings. The van der Waals surface area contributed by atoms with Gasteiger partial charge in [0, 0.05) is 21.7 Å². The fraction of sp³-hybridized carbons (Fsp3) is 0. The van der Waals surface area contributed by atoms with Crippen LogP contribution in [0.4, 0.5) is 9.41 Å². The van der Waals surface area contributed by atoms with Crippen molar-refractivity contribution in [1.29, 1.82) is 0 Å². The molecule has 0 amide bonds. The van der Waals surface area contributed by atoms with Crippen LogP contribution in [0.3, 0.4) is 0 Å². The first kappa shape index (κ1) is 97.2. The summed E-state index contributed by atoms with van der Waals surface area (Å²) in [7, 11) is 0. The van der Waals surface area contributed by atoms with Crippen LogP contribution < -0.4 is 0 Å². The van der Waals surface area contributed by atoms with Crippen molar-refractivity contribution in [3.63, 3.8) is 0 Å². The Bertz CT molecular complexity index is 6.00. The van der Waals surface area contributed by atoms with Gasteiger partial charge in [0.2, 0.25) is 0 Å². The molecule has 0 N–H and O–H groups in total. The minimum atomic E-state index is 0. The maximum absolute atomic E-state index is 0. The van der Waals surface area contributed by atoms with Crippen LogP contribution in [0.5, 0.6) is 0 Å². The van der Waals surface area contributed by atoms with E-state index in [0.717, 1.165) is 0 Å². The summed E-state index contributed by atoms with van der Waals surface area (Å²) < 4.78 is 0. The average Bonchev–Trinajstić information content (AvgIpc) is 0. The smallest absolute Gasteiger partial charge is 0 e. The zero-order valence-corrected chi connectivity index (χ0v) is 4.10. The Kier molecular flexibility index (Phi) is 1030. The molecule has 0 bridgehead atoms. The SMILES string of the molecule is Cl.F.F.[Ti]. The molecule has 0 aliphatic carbocycles. The van der Waals surface area contributed by atoms with Crippen molar-refractivity contribution < 1.29 is 31.1 Å². The van der Waals surface area contributed by atoms with Crippen molar-refractivity contribution in [3.05, 3.63) is 0 Å². The van der Waals surface area contributed by atoms with Gasteiger partial charge in [0.1, 0.15) is 0 Å². The minimum absolute atomic E-state index is 0. The van der Waals surface area contributed by atoms with E-state index in [1.165, 1.54) is 0 Å². The first-order valence-electron chi connectivity index (χ1n) is 0. The van der Waals surface area contributed by atoms with Crippen molar-refractivity contribution in [2.75, 3.05) is 0 Å². The molecule has 0 saturated carbocycles. The zero-order chi connectivity index (χ0) is 0. The van der Waals surface area contributed by atoms with Gasteiger partial charge in [0.25, 0.3) is 0 Å². The summed E-state index contributed by atoms with van der Waals surface area (Å²) >= 11 is 0. The first-order chi connectivity index (χ1) is 0. The Morgan fingerprint density at radius 2 is 0.750 bits per heavy atom. The summed E-state index contributed by atoms with van der Waals surface area (Å²) in [4.78, 5) is 0. The van der Waals surface area contributed by atoms with Gasteiger partial charge in [-0.05, 0) is 0 Å². The van der Waals surface area contributed by atoms with E-state index >= 15 is 0 Å². The molecule has 0 aromatic rings. The van der Waals surface area contributed by atoms with E-state index in [4.69, 9.17) is 0 Å². The van der Waals surface area contributed by atoms with Crippen LogP contribution >= 0.6 is 12.4 Å². The summed E-state index contributed by atoms with van der Waals surface area (Å²) in [5.74, 6) is 0. The molecule has 0 atom stereocenters. The minimum Gasteiger partial charge on any atom is -0.269 e. The fourth-order valence-corrected chi connectivity index (χ4v) is 0. The van der Waals surface area contributed by atoms with Gasteiger partial charge in [-0.2, -0.15) is 0 Å². The van der Waals surface area contributed by atoms with Crippen molar-refractivity contribution >= 4 is 12.4 Å². The van der Waals surface area contributed by atoms with E-state index in [2.05, 4.69) is 0 Å². The van der Waals surface area contributed by atoms with Gasteiger partial charge in [-0.25, -0.2) is 0 Å². The molecule has 0 unspecified atom stereocenters. The van der Waals surface area contributed by atoms with Gasteiger partial charge in [-0.1, -0.05) is 0 Å². The molecule has 0 rings (SSSR count). The molecule has 0 nitrogen and oxygen atoms in total. The van der Waals surface area contributed by atoms with Gasteiger partial charge in [0.05, 0.1) is 0 Å². The van der Waals surface area contributed by atoms with E-state index in [1.807, 2.05) is 0 Å². The molecule has 0 heterocycles. The Morgan fingerprint density at radius 3 is 0.750 bits per heavy atom. The van der Waals surface area contributed by atoms with E-state index in [9.17, 15) is 0 Å². The van der Waals surface area contributed by atoms with Crippen molar-refractivity contribution in [3.8, 4) is 0 Å². The second-order valence-corrected chi connectivity index (χ2v) is 0. The molecule has 0 aliphatic heterocycles. The molecule has 0 spiro atoms. The van der Waals surface area contributed by atoms with E-state index < -0.39 is 0 Å². The second kappa shape index (κ2) is 42.4.